The van der Waals surface area contributed by atoms with E-state index in [2.05, 4.69) is 54.7 Å². The first-order valence-electron chi connectivity index (χ1n) is 8.45. The van der Waals surface area contributed by atoms with Crippen LogP contribution in [0.5, 0.6) is 0 Å². The van der Waals surface area contributed by atoms with Crippen molar-refractivity contribution in [1.82, 2.24) is 25.1 Å². The molecule has 0 aliphatic rings. The summed E-state index contributed by atoms with van der Waals surface area (Å²) in [5.74, 6) is 0.857. The molecule has 3 heterocycles. The molecule has 130 valence electrons. The van der Waals surface area contributed by atoms with Crippen molar-refractivity contribution >= 4 is 39.3 Å². The van der Waals surface area contributed by atoms with Crippen LogP contribution in [-0.2, 0) is 0 Å². The van der Waals surface area contributed by atoms with Crippen molar-refractivity contribution in [3.8, 4) is 11.1 Å². The van der Waals surface area contributed by atoms with Crippen molar-refractivity contribution in [2.45, 2.75) is 0 Å². The van der Waals surface area contributed by atoms with E-state index in [1.54, 1.807) is 18.5 Å². The Labute approximate surface area is 154 Å². The quantitative estimate of drug-likeness (QED) is 0.454. The molecule has 7 heteroatoms. The molecule has 4 N–H and O–H groups in total. The monoisotopic (exact) mass is 353 g/mol. The van der Waals surface area contributed by atoms with Crippen molar-refractivity contribution in [3.05, 3.63) is 67.1 Å². The van der Waals surface area contributed by atoms with Crippen molar-refractivity contribution in [2.24, 2.45) is 0 Å². The Kier molecular flexibility index (Phi) is 3.43. The number of pyridine rings is 1. The Morgan fingerprint density at radius 3 is 2.74 bits per heavy atom. The number of nitrogens with one attached hydrogen (secondary N) is 2. The van der Waals surface area contributed by atoms with Crippen LogP contribution in [0, 0.1) is 0 Å². The van der Waals surface area contributed by atoms with Gasteiger partial charge in [-0.2, -0.15) is 10.1 Å². The van der Waals surface area contributed by atoms with E-state index in [0.717, 1.165) is 38.6 Å². The van der Waals surface area contributed by atoms with Gasteiger partial charge < -0.3 is 11.1 Å². The fourth-order valence-corrected chi connectivity index (χ4v) is 3.25. The van der Waals surface area contributed by atoms with Crippen molar-refractivity contribution in [1.29, 1.82) is 0 Å². The summed E-state index contributed by atoms with van der Waals surface area (Å²) in [5.41, 5.74) is 10.5. The number of para-hydroxylation sites is 1. The maximum absolute atomic E-state index is 5.68. The Hall–Kier alpha value is -4.00. The lowest BCUT2D eigenvalue weighted by molar-refractivity contribution is 1.12. The van der Waals surface area contributed by atoms with Gasteiger partial charge in [-0.25, -0.2) is 4.98 Å². The third kappa shape index (κ3) is 2.71. The standard InChI is InChI=1S/C20H15N7/c21-20-23-8-6-17(26-20)25-14-9-13-11-24-27-19(13)16(10-14)15-5-1-3-12-4-2-7-22-18(12)15/h1-11H,(H,24,27)(H3,21,23,25,26). The first-order chi connectivity index (χ1) is 13.3. The van der Waals surface area contributed by atoms with Gasteiger partial charge in [0.15, 0.2) is 0 Å². The zero-order valence-electron chi connectivity index (χ0n) is 14.2. The highest BCUT2D eigenvalue weighted by Gasteiger charge is 2.12. The number of fused-ring (bicyclic) bond motifs is 2. The summed E-state index contributed by atoms with van der Waals surface area (Å²) in [4.78, 5) is 12.7. The molecule has 5 rings (SSSR count). The van der Waals surface area contributed by atoms with E-state index in [9.17, 15) is 0 Å². The first-order valence-corrected chi connectivity index (χ1v) is 8.45. The van der Waals surface area contributed by atoms with E-state index >= 15 is 0 Å². The molecule has 3 aromatic heterocycles. The number of nitrogen functional groups attached to an aromatic ring is 1. The third-order valence-electron chi connectivity index (χ3n) is 4.42. The predicted molar refractivity (Wildman–Crippen MR) is 107 cm³/mol. The van der Waals surface area contributed by atoms with Gasteiger partial charge in [0.05, 0.1) is 17.2 Å². The molecule has 0 spiro atoms. The van der Waals surface area contributed by atoms with Crippen LogP contribution in [0.15, 0.2) is 67.1 Å². The average Bonchev–Trinajstić information content (AvgIpc) is 3.16. The molecule has 0 aliphatic carbocycles. The number of aromatic amines is 1. The topological polar surface area (TPSA) is 105 Å². The Morgan fingerprint density at radius 1 is 0.889 bits per heavy atom. The second-order valence-electron chi connectivity index (χ2n) is 6.16. The Morgan fingerprint density at radius 2 is 1.81 bits per heavy atom. The van der Waals surface area contributed by atoms with E-state index in [0.29, 0.717) is 5.82 Å². The largest absolute Gasteiger partial charge is 0.368 e. The lowest BCUT2D eigenvalue weighted by atomic mass is 9.99. The molecule has 0 bridgehead atoms. The molecule has 0 unspecified atom stereocenters. The normalized spacial score (nSPS) is 11.1. The number of hydrogen-bond acceptors (Lipinski definition) is 6. The van der Waals surface area contributed by atoms with Crippen LogP contribution in [0.25, 0.3) is 32.9 Å². The minimum atomic E-state index is 0.225. The van der Waals surface area contributed by atoms with Gasteiger partial charge in [-0.1, -0.05) is 24.3 Å². The minimum Gasteiger partial charge on any atom is -0.368 e. The van der Waals surface area contributed by atoms with Crippen molar-refractivity contribution < 1.29 is 0 Å². The number of hydrogen-bond donors (Lipinski definition) is 3. The van der Waals surface area contributed by atoms with Crippen molar-refractivity contribution in [3.63, 3.8) is 0 Å². The molecule has 0 fully saturated rings. The van der Waals surface area contributed by atoms with Crippen LogP contribution < -0.4 is 11.1 Å². The lowest BCUT2D eigenvalue weighted by Crippen LogP contribution is -1.99. The summed E-state index contributed by atoms with van der Waals surface area (Å²) in [6.07, 6.45) is 5.23. The number of benzene rings is 2. The van der Waals surface area contributed by atoms with E-state index in [4.69, 9.17) is 5.73 Å². The number of nitrogens with two attached hydrogens (primary N) is 1. The van der Waals surface area contributed by atoms with Crippen LogP contribution in [0.4, 0.5) is 17.5 Å². The number of anilines is 3. The molecule has 27 heavy (non-hydrogen) atoms. The zero-order chi connectivity index (χ0) is 18.2. The average molecular weight is 353 g/mol. The van der Waals surface area contributed by atoms with E-state index in [-0.39, 0.29) is 5.95 Å². The molecular formula is C20H15N7. The fourth-order valence-electron chi connectivity index (χ4n) is 3.25. The van der Waals surface area contributed by atoms with Gasteiger partial charge in [0, 0.05) is 40.0 Å². The van der Waals surface area contributed by atoms with E-state index in [1.165, 1.54) is 0 Å². The summed E-state index contributed by atoms with van der Waals surface area (Å²) in [6, 6.07) is 16.0. The Balaban J connectivity index is 1.71. The number of nitrogens with zero attached hydrogens (tertiary/aromatic N) is 4. The van der Waals surface area contributed by atoms with Gasteiger partial charge >= 0.3 is 0 Å². The van der Waals surface area contributed by atoms with Crippen LogP contribution in [-0.4, -0.2) is 25.1 Å². The Bertz CT molecular complexity index is 1270. The second-order valence-corrected chi connectivity index (χ2v) is 6.16. The molecule has 7 nitrogen and oxygen atoms in total. The summed E-state index contributed by atoms with van der Waals surface area (Å²) in [6.45, 7) is 0. The number of rotatable bonds is 3. The fraction of sp³-hybridized carbons (Fsp3) is 0. The molecule has 5 aromatic rings. The highest BCUT2D eigenvalue weighted by molar-refractivity contribution is 6.03. The maximum atomic E-state index is 5.68. The van der Waals surface area contributed by atoms with E-state index in [1.807, 2.05) is 24.4 Å². The number of H-pyrrole nitrogens is 1. The molecule has 0 amide bonds. The maximum Gasteiger partial charge on any atom is 0.221 e. The minimum absolute atomic E-state index is 0.225. The van der Waals surface area contributed by atoms with Gasteiger partial charge in [-0.15, -0.1) is 0 Å². The highest BCUT2D eigenvalue weighted by Crippen LogP contribution is 2.35. The molecular weight excluding hydrogens is 338 g/mol. The third-order valence-corrected chi connectivity index (χ3v) is 4.42. The molecule has 2 aromatic carbocycles. The van der Waals surface area contributed by atoms with Crippen LogP contribution in [0.1, 0.15) is 0 Å². The number of aromatic nitrogens is 5. The summed E-state index contributed by atoms with van der Waals surface area (Å²) in [7, 11) is 0. The summed E-state index contributed by atoms with van der Waals surface area (Å²) in [5, 5.41) is 12.7. The van der Waals surface area contributed by atoms with Gasteiger partial charge in [-0.3, -0.25) is 10.1 Å². The highest BCUT2D eigenvalue weighted by atomic mass is 15.1. The summed E-state index contributed by atoms with van der Waals surface area (Å²) < 4.78 is 0. The van der Waals surface area contributed by atoms with Gasteiger partial charge in [0.2, 0.25) is 5.95 Å². The van der Waals surface area contributed by atoms with Crippen LogP contribution in [0.3, 0.4) is 0 Å². The summed E-state index contributed by atoms with van der Waals surface area (Å²) >= 11 is 0. The smallest absolute Gasteiger partial charge is 0.221 e. The molecule has 0 radical (unpaired) electrons. The molecule has 0 aliphatic heterocycles. The van der Waals surface area contributed by atoms with Gasteiger partial charge in [0.1, 0.15) is 5.82 Å². The van der Waals surface area contributed by atoms with Crippen LogP contribution >= 0.6 is 0 Å². The SMILES string of the molecule is Nc1nccc(Nc2cc(-c3cccc4cccnc34)c3[nH]ncc3c2)n1. The van der Waals surface area contributed by atoms with Crippen LogP contribution in [0.2, 0.25) is 0 Å². The zero-order valence-corrected chi connectivity index (χ0v) is 14.2. The first kappa shape index (κ1) is 15.3. The molecule has 0 saturated heterocycles. The lowest BCUT2D eigenvalue weighted by Gasteiger charge is -2.11. The molecule has 0 saturated carbocycles. The van der Waals surface area contributed by atoms with Crippen molar-refractivity contribution in [2.75, 3.05) is 11.1 Å². The molecule has 0 atom stereocenters. The predicted octanol–water partition coefficient (Wildman–Crippen LogP) is 3.89. The second kappa shape index (κ2) is 6.06. The van der Waals surface area contributed by atoms with Gasteiger partial charge in [0.25, 0.3) is 0 Å². The van der Waals surface area contributed by atoms with Gasteiger partial charge in [-0.05, 0) is 24.3 Å². The van der Waals surface area contributed by atoms with E-state index < -0.39 is 0 Å².